The lowest BCUT2D eigenvalue weighted by Crippen LogP contribution is -2.60. The van der Waals surface area contributed by atoms with Crippen molar-refractivity contribution in [2.75, 3.05) is 4.90 Å². The van der Waals surface area contributed by atoms with E-state index in [1.54, 1.807) is 0 Å². The molecule has 3 nitrogen and oxygen atoms in total. The summed E-state index contributed by atoms with van der Waals surface area (Å²) >= 11 is 0. The van der Waals surface area contributed by atoms with Crippen LogP contribution in [0.2, 0.25) is 0 Å². The number of anilines is 3. The second-order valence-electron chi connectivity index (χ2n) is 19.2. The molecule has 0 atom stereocenters. The lowest BCUT2D eigenvalue weighted by Gasteiger charge is -2.42. The van der Waals surface area contributed by atoms with Gasteiger partial charge in [0, 0.05) is 33.4 Å². The Bertz CT molecular complexity index is 2890. The van der Waals surface area contributed by atoms with Gasteiger partial charge in [0.1, 0.15) is 5.58 Å². The zero-order valence-electron chi connectivity index (χ0n) is 33.8. The van der Waals surface area contributed by atoms with Crippen molar-refractivity contribution in [2.45, 2.75) is 85.5 Å². The van der Waals surface area contributed by atoms with Crippen LogP contribution in [-0.4, -0.2) is 11.3 Å². The number of benzene rings is 6. The van der Waals surface area contributed by atoms with Gasteiger partial charge in [-0.05, 0) is 110 Å². The number of para-hydroxylation sites is 1. The molecule has 0 aliphatic carbocycles. The Hall–Kier alpha value is -5.48. The van der Waals surface area contributed by atoms with Gasteiger partial charge in [0.25, 0.3) is 6.71 Å². The zero-order chi connectivity index (χ0) is 38.3. The Morgan fingerprint density at radius 2 is 1.18 bits per heavy atom. The summed E-state index contributed by atoms with van der Waals surface area (Å²) in [5.74, 6) is 0. The Labute approximate surface area is 325 Å². The van der Waals surface area contributed by atoms with Crippen molar-refractivity contribution in [3.05, 3.63) is 138 Å². The first-order chi connectivity index (χ1) is 26.1. The minimum Gasteiger partial charge on any atom is -0.439 e. The van der Waals surface area contributed by atoms with Crippen molar-refractivity contribution in [1.29, 1.82) is 0 Å². The Morgan fingerprint density at radius 3 is 1.91 bits per heavy atom. The van der Waals surface area contributed by atoms with Crippen LogP contribution in [0.15, 0.2) is 120 Å². The normalized spacial score (nSPS) is 13.9. The molecular formula is C51H49BN2O. The summed E-state index contributed by atoms with van der Waals surface area (Å²) in [4.78, 5) is 2.59. The maximum atomic E-state index is 6.90. The molecule has 4 heteroatoms. The van der Waals surface area contributed by atoms with E-state index in [2.05, 4.69) is 194 Å². The largest absolute Gasteiger partial charge is 0.439 e. The number of hydrogen-bond acceptors (Lipinski definition) is 2. The highest BCUT2D eigenvalue weighted by atomic mass is 16.3. The predicted molar refractivity (Wildman–Crippen MR) is 236 cm³/mol. The quantitative estimate of drug-likeness (QED) is 0.166. The standard InChI is InChI=1S/C51H49BN2O/c1-30-24-42-46-43(25-30)54-47-37(45-35-18-14-15-19-44(35)55-48(45)54)27-34(51(8,9)10)28-39(47)52(46)38-22-20-33(50(5,6)7)29-41(38)53(42)40-23-21-32(49(2,3)4)26-36(40)31-16-12-11-13-17-31/h11-29H,1-10H3. The average molecular weight is 717 g/mol. The molecule has 0 fully saturated rings. The lowest BCUT2D eigenvalue weighted by atomic mass is 9.33. The summed E-state index contributed by atoms with van der Waals surface area (Å²) in [7, 11) is 0. The number of fused-ring (bicyclic) bond motifs is 9. The van der Waals surface area contributed by atoms with Crippen LogP contribution < -0.4 is 21.3 Å². The van der Waals surface area contributed by atoms with Gasteiger partial charge in [-0.25, -0.2) is 0 Å². The van der Waals surface area contributed by atoms with E-state index in [0.717, 1.165) is 11.3 Å². The van der Waals surface area contributed by atoms with Gasteiger partial charge in [-0.1, -0.05) is 135 Å². The number of furan rings is 1. The minimum absolute atomic E-state index is 0.00108. The molecule has 272 valence electrons. The van der Waals surface area contributed by atoms with Crippen molar-refractivity contribution >= 4 is 73.1 Å². The van der Waals surface area contributed by atoms with Gasteiger partial charge < -0.3 is 9.32 Å². The molecule has 0 saturated heterocycles. The predicted octanol–water partition coefficient (Wildman–Crippen LogP) is 12.0. The van der Waals surface area contributed by atoms with Crippen LogP contribution in [0.5, 0.6) is 0 Å². The number of aromatic nitrogens is 1. The molecule has 0 spiro atoms. The lowest BCUT2D eigenvalue weighted by molar-refractivity contribution is 0.590. The van der Waals surface area contributed by atoms with Gasteiger partial charge >= 0.3 is 0 Å². The van der Waals surface area contributed by atoms with E-state index in [9.17, 15) is 0 Å². The third kappa shape index (κ3) is 4.96. The Balaban J connectivity index is 1.38. The molecule has 0 bridgehead atoms. The third-order valence-corrected chi connectivity index (χ3v) is 12.3. The molecule has 4 heterocycles. The van der Waals surface area contributed by atoms with Crippen molar-refractivity contribution in [3.63, 3.8) is 0 Å². The molecule has 0 unspecified atom stereocenters. The second-order valence-corrected chi connectivity index (χ2v) is 19.2. The summed E-state index contributed by atoms with van der Waals surface area (Å²) in [6, 6.07) is 43.8. The maximum Gasteiger partial charge on any atom is 0.252 e. The molecule has 0 saturated carbocycles. The molecule has 2 aromatic heterocycles. The summed E-state index contributed by atoms with van der Waals surface area (Å²) in [6.45, 7) is 23.2. The fraction of sp³-hybridized carbons (Fsp3) is 0.255. The first-order valence-corrected chi connectivity index (χ1v) is 19.9. The molecule has 10 rings (SSSR count). The molecule has 0 amide bonds. The van der Waals surface area contributed by atoms with E-state index >= 15 is 0 Å². The zero-order valence-corrected chi connectivity index (χ0v) is 33.8. The Morgan fingerprint density at radius 1 is 0.527 bits per heavy atom. The van der Waals surface area contributed by atoms with Gasteiger partial charge in [-0.3, -0.25) is 4.57 Å². The SMILES string of the molecule is Cc1cc2c3c(c1)-n1c4oc5ccccc5c4c4cc(C(C)(C)C)cc(c41)B3c1ccc(C(C)(C)C)cc1N2c1ccc(C(C)(C)C)cc1-c1ccccc1. The van der Waals surface area contributed by atoms with E-state index in [-0.39, 0.29) is 23.0 Å². The molecule has 2 aliphatic rings. The third-order valence-electron chi connectivity index (χ3n) is 12.3. The highest BCUT2D eigenvalue weighted by Gasteiger charge is 2.44. The molecular weight excluding hydrogens is 667 g/mol. The molecule has 0 radical (unpaired) electrons. The number of rotatable bonds is 2. The van der Waals surface area contributed by atoms with E-state index in [4.69, 9.17) is 4.42 Å². The van der Waals surface area contributed by atoms with Crippen LogP contribution in [0.1, 0.15) is 84.6 Å². The smallest absolute Gasteiger partial charge is 0.252 e. The maximum absolute atomic E-state index is 6.90. The van der Waals surface area contributed by atoms with Crippen LogP contribution in [0, 0.1) is 6.92 Å². The van der Waals surface area contributed by atoms with Crippen LogP contribution in [0.3, 0.4) is 0 Å². The van der Waals surface area contributed by atoms with E-state index in [1.807, 2.05) is 0 Å². The fourth-order valence-corrected chi connectivity index (χ4v) is 9.32. The summed E-state index contributed by atoms with van der Waals surface area (Å²) in [5, 5.41) is 3.65. The summed E-state index contributed by atoms with van der Waals surface area (Å²) < 4.78 is 9.36. The molecule has 6 aromatic carbocycles. The van der Waals surface area contributed by atoms with Crippen LogP contribution >= 0.6 is 0 Å². The van der Waals surface area contributed by atoms with Crippen LogP contribution in [-0.2, 0) is 16.2 Å². The highest BCUT2D eigenvalue weighted by molar-refractivity contribution is 7.00. The van der Waals surface area contributed by atoms with Gasteiger partial charge in [0.15, 0.2) is 0 Å². The topological polar surface area (TPSA) is 21.3 Å². The van der Waals surface area contributed by atoms with Crippen molar-refractivity contribution in [1.82, 2.24) is 4.57 Å². The summed E-state index contributed by atoms with van der Waals surface area (Å²) in [5.41, 5.74) is 19.6. The van der Waals surface area contributed by atoms with Gasteiger partial charge in [-0.2, -0.15) is 0 Å². The first-order valence-electron chi connectivity index (χ1n) is 19.9. The second kappa shape index (κ2) is 11.3. The number of aryl methyl sites for hydroxylation is 1. The Kier molecular flexibility index (Phi) is 6.99. The number of nitrogens with zero attached hydrogens (tertiary/aromatic N) is 2. The van der Waals surface area contributed by atoms with E-state index in [1.165, 1.54) is 94.2 Å². The summed E-state index contributed by atoms with van der Waals surface area (Å²) in [6.07, 6.45) is 0. The monoisotopic (exact) mass is 716 g/mol. The molecule has 2 aliphatic heterocycles. The van der Waals surface area contributed by atoms with Crippen LogP contribution in [0.4, 0.5) is 17.1 Å². The van der Waals surface area contributed by atoms with Crippen LogP contribution in [0.25, 0.3) is 49.8 Å². The highest BCUT2D eigenvalue weighted by Crippen LogP contribution is 2.48. The molecule has 8 aromatic rings. The fourth-order valence-electron chi connectivity index (χ4n) is 9.32. The molecule has 55 heavy (non-hydrogen) atoms. The van der Waals surface area contributed by atoms with Crippen molar-refractivity contribution in [2.24, 2.45) is 0 Å². The van der Waals surface area contributed by atoms with Crippen molar-refractivity contribution < 1.29 is 4.42 Å². The first kappa shape index (κ1) is 34.0. The van der Waals surface area contributed by atoms with Crippen molar-refractivity contribution in [3.8, 4) is 16.8 Å². The average Bonchev–Trinajstić information content (AvgIpc) is 3.67. The van der Waals surface area contributed by atoms with Gasteiger partial charge in [0.05, 0.1) is 16.6 Å². The van der Waals surface area contributed by atoms with Gasteiger partial charge in [-0.15, -0.1) is 0 Å². The van der Waals surface area contributed by atoms with E-state index in [0.29, 0.717) is 0 Å². The molecule has 0 N–H and O–H groups in total. The van der Waals surface area contributed by atoms with Gasteiger partial charge in [0.2, 0.25) is 5.71 Å². The van der Waals surface area contributed by atoms with E-state index < -0.39 is 0 Å². The number of hydrogen-bond donors (Lipinski definition) is 0. The minimum atomic E-state index is -0.0476.